The van der Waals surface area contributed by atoms with Gasteiger partial charge in [0, 0.05) is 27.7 Å². The maximum Gasteiger partial charge on any atom is 0.143 e. The normalized spacial score (nSPS) is 11.9. The Bertz CT molecular complexity index is 3630. The first-order valence-corrected chi connectivity index (χ1v) is 19.5. The van der Waals surface area contributed by atoms with Gasteiger partial charge in [0.25, 0.3) is 0 Å². The van der Waals surface area contributed by atoms with E-state index in [-0.39, 0.29) is 0 Å². The summed E-state index contributed by atoms with van der Waals surface area (Å²) in [5.74, 6) is 0. The minimum Gasteiger partial charge on any atom is -0.455 e. The van der Waals surface area contributed by atoms with Gasteiger partial charge in [0.15, 0.2) is 0 Å². The predicted octanol–water partition coefficient (Wildman–Crippen LogP) is 14.9. The van der Waals surface area contributed by atoms with Crippen LogP contribution in [-0.2, 0) is 0 Å². The van der Waals surface area contributed by atoms with Gasteiger partial charge in [-0.3, -0.25) is 0 Å². The molecule has 266 valence electrons. The fourth-order valence-electron chi connectivity index (χ4n) is 9.33. The molecule has 0 aliphatic rings. The molecule has 57 heavy (non-hydrogen) atoms. The number of hydrogen-bond donors (Lipinski definition) is 0. The molecular formula is C54H34N2O. The lowest BCUT2D eigenvalue weighted by atomic mass is 9.89. The number of nitrogens with zero attached hydrogens (tertiary/aromatic N) is 2. The number of furan rings is 1. The van der Waals surface area contributed by atoms with E-state index in [9.17, 15) is 0 Å². The molecule has 2 aromatic heterocycles. The molecule has 0 N–H and O–H groups in total. The summed E-state index contributed by atoms with van der Waals surface area (Å²) < 4.78 is 11.5. The molecule has 10 aromatic carbocycles. The zero-order valence-electron chi connectivity index (χ0n) is 30.9. The predicted molar refractivity (Wildman–Crippen MR) is 240 cm³/mol. The molecule has 0 aliphatic heterocycles. The SMILES string of the molecule is c1ccc(-n2c3ccccc3n(-c3ccccc3)c3cc4c(cc32)c2ccccc2c2cccc(-c3cccc5c3oc3ccccc35)c2c2ccccc42)cc1. The Morgan fingerprint density at radius 1 is 0.281 bits per heavy atom. The van der Waals surface area contributed by atoms with E-state index in [0.717, 1.165) is 66.5 Å². The van der Waals surface area contributed by atoms with Crippen molar-refractivity contribution in [2.24, 2.45) is 0 Å². The summed E-state index contributed by atoms with van der Waals surface area (Å²) in [4.78, 5) is 0. The number of hydrogen-bond acceptors (Lipinski definition) is 1. The molecule has 0 saturated heterocycles. The fraction of sp³-hybridized carbons (Fsp3) is 0. The lowest BCUT2D eigenvalue weighted by Gasteiger charge is -2.23. The third kappa shape index (κ3) is 4.73. The molecule has 0 fully saturated rings. The standard InChI is InChI=1S/C54H34N2O/c1-3-17-35(18-4-1)55-48-30-12-13-31-49(48)56(36-19-5-2-6-20-36)51-34-47-39-23-9-10-25-41(39)53-42(37-21-7-8-22-38(37)46(47)33-50(51)55)26-15-27-43(53)45-29-16-28-44-40-24-11-14-32-52(40)57-54(44)45/h1-34H. The smallest absolute Gasteiger partial charge is 0.143 e. The van der Waals surface area contributed by atoms with Crippen LogP contribution < -0.4 is 0 Å². The highest BCUT2D eigenvalue weighted by molar-refractivity contribution is 6.30. The molecule has 0 atom stereocenters. The van der Waals surface area contributed by atoms with Crippen molar-refractivity contribution in [3.63, 3.8) is 0 Å². The van der Waals surface area contributed by atoms with Crippen LogP contribution in [0.1, 0.15) is 0 Å². The van der Waals surface area contributed by atoms with Crippen molar-refractivity contribution in [1.29, 1.82) is 0 Å². The van der Waals surface area contributed by atoms with Crippen molar-refractivity contribution in [2.75, 3.05) is 0 Å². The van der Waals surface area contributed by atoms with Crippen LogP contribution in [0, 0.1) is 0 Å². The highest BCUT2D eigenvalue weighted by atomic mass is 16.3. The van der Waals surface area contributed by atoms with Crippen LogP contribution in [0.25, 0.3) is 110 Å². The third-order valence-corrected chi connectivity index (χ3v) is 11.7. The molecule has 0 spiro atoms. The maximum atomic E-state index is 6.68. The minimum atomic E-state index is 0.900. The van der Waals surface area contributed by atoms with Crippen molar-refractivity contribution in [3.8, 4) is 22.5 Å². The lowest BCUT2D eigenvalue weighted by molar-refractivity contribution is 0.670. The van der Waals surface area contributed by atoms with Crippen LogP contribution in [0.3, 0.4) is 0 Å². The summed E-state index contributed by atoms with van der Waals surface area (Å²) in [5, 5.41) is 11.8. The Morgan fingerprint density at radius 2 is 0.702 bits per heavy atom. The zero-order chi connectivity index (χ0) is 37.5. The average Bonchev–Trinajstić information content (AvgIpc) is 3.67. The van der Waals surface area contributed by atoms with E-state index in [1.165, 1.54) is 43.1 Å². The third-order valence-electron chi connectivity index (χ3n) is 11.7. The van der Waals surface area contributed by atoms with E-state index in [4.69, 9.17) is 4.42 Å². The Labute approximate surface area is 328 Å². The van der Waals surface area contributed by atoms with Crippen molar-refractivity contribution in [2.45, 2.75) is 0 Å². The number of para-hydroxylation sites is 6. The monoisotopic (exact) mass is 726 g/mol. The van der Waals surface area contributed by atoms with Gasteiger partial charge in [-0.1, -0.05) is 152 Å². The van der Waals surface area contributed by atoms with Gasteiger partial charge in [0.05, 0.1) is 22.1 Å². The van der Waals surface area contributed by atoms with Gasteiger partial charge in [-0.15, -0.1) is 0 Å². The Balaban J connectivity index is 1.33. The second kappa shape index (κ2) is 12.5. The fourth-order valence-corrected chi connectivity index (χ4v) is 9.33. The topological polar surface area (TPSA) is 23.0 Å². The van der Waals surface area contributed by atoms with E-state index in [2.05, 4.69) is 209 Å². The Morgan fingerprint density at radius 3 is 1.30 bits per heavy atom. The molecule has 3 heteroatoms. The number of fused-ring (bicyclic) bond motifs is 13. The summed E-state index contributed by atoms with van der Waals surface area (Å²) in [6.07, 6.45) is 0. The van der Waals surface area contributed by atoms with Crippen molar-refractivity contribution >= 4 is 87.1 Å². The number of aromatic nitrogens is 2. The van der Waals surface area contributed by atoms with Gasteiger partial charge in [-0.2, -0.15) is 0 Å². The van der Waals surface area contributed by atoms with Crippen LogP contribution in [0.15, 0.2) is 211 Å². The Kier molecular flexibility index (Phi) is 6.93. The van der Waals surface area contributed by atoms with Crippen molar-refractivity contribution in [1.82, 2.24) is 9.13 Å². The number of benzene rings is 9. The Hall–Kier alpha value is -7.62. The quantitative estimate of drug-likeness (QED) is 0.166. The van der Waals surface area contributed by atoms with Gasteiger partial charge in [-0.25, -0.2) is 0 Å². The number of rotatable bonds is 3. The van der Waals surface area contributed by atoms with E-state index >= 15 is 0 Å². The van der Waals surface area contributed by atoms with Crippen LogP contribution in [0.4, 0.5) is 0 Å². The molecule has 0 aliphatic carbocycles. The lowest BCUT2D eigenvalue weighted by Crippen LogP contribution is -2.08. The average molecular weight is 727 g/mol. The highest BCUT2D eigenvalue weighted by Crippen LogP contribution is 2.44. The molecule has 2 heterocycles. The second-order valence-corrected chi connectivity index (χ2v) is 14.8. The highest BCUT2D eigenvalue weighted by Gasteiger charge is 2.19. The molecule has 0 bridgehead atoms. The summed E-state index contributed by atoms with van der Waals surface area (Å²) in [6.45, 7) is 0. The molecule has 12 aromatic rings. The van der Waals surface area contributed by atoms with Crippen LogP contribution in [0.2, 0.25) is 0 Å². The van der Waals surface area contributed by atoms with Gasteiger partial charge >= 0.3 is 0 Å². The largest absolute Gasteiger partial charge is 0.455 e. The second-order valence-electron chi connectivity index (χ2n) is 14.8. The van der Waals surface area contributed by atoms with Crippen molar-refractivity contribution < 1.29 is 4.42 Å². The first-order valence-electron chi connectivity index (χ1n) is 19.5. The molecule has 3 nitrogen and oxygen atoms in total. The van der Waals surface area contributed by atoms with Crippen molar-refractivity contribution in [3.05, 3.63) is 206 Å². The van der Waals surface area contributed by atoms with E-state index in [1.807, 2.05) is 6.07 Å². The molecule has 0 unspecified atom stereocenters. The van der Waals surface area contributed by atoms with Crippen LogP contribution in [0.5, 0.6) is 0 Å². The van der Waals surface area contributed by atoms with Gasteiger partial charge in [0.2, 0.25) is 0 Å². The molecule has 0 radical (unpaired) electrons. The van der Waals surface area contributed by atoms with E-state index in [1.54, 1.807) is 0 Å². The maximum absolute atomic E-state index is 6.68. The van der Waals surface area contributed by atoms with E-state index < -0.39 is 0 Å². The van der Waals surface area contributed by atoms with Gasteiger partial charge in [0.1, 0.15) is 11.2 Å². The first kappa shape index (κ1) is 31.7. The first-order chi connectivity index (χ1) is 28.3. The minimum absolute atomic E-state index is 0.900. The zero-order valence-corrected chi connectivity index (χ0v) is 30.9. The molecule has 0 amide bonds. The van der Waals surface area contributed by atoms with Crippen LogP contribution >= 0.6 is 0 Å². The van der Waals surface area contributed by atoms with E-state index in [0.29, 0.717) is 0 Å². The summed E-state index contributed by atoms with van der Waals surface area (Å²) >= 11 is 0. The summed E-state index contributed by atoms with van der Waals surface area (Å²) in [6, 6.07) is 74.7. The van der Waals surface area contributed by atoms with Gasteiger partial charge in [-0.05, 0) is 103 Å². The summed E-state index contributed by atoms with van der Waals surface area (Å²) in [5.41, 5.74) is 10.8. The molecule has 12 rings (SSSR count). The van der Waals surface area contributed by atoms with Crippen LogP contribution in [-0.4, -0.2) is 9.13 Å². The van der Waals surface area contributed by atoms with Gasteiger partial charge < -0.3 is 13.6 Å². The molecular weight excluding hydrogens is 693 g/mol. The molecule has 0 saturated carbocycles. The summed E-state index contributed by atoms with van der Waals surface area (Å²) in [7, 11) is 0.